The van der Waals surface area contributed by atoms with Gasteiger partial charge in [-0.15, -0.1) is 0 Å². The molecule has 0 spiro atoms. The smallest absolute Gasteiger partial charge is 0.255 e. The Kier molecular flexibility index (Phi) is 4.52. The van der Waals surface area contributed by atoms with E-state index in [1.165, 1.54) is 19.2 Å². The molecule has 0 heterocycles. The number of halogens is 4. The van der Waals surface area contributed by atoms with Crippen LogP contribution in [0.5, 0.6) is 5.75 Å². The highest BCUT2D eigenvalue weighted by Gasteiger charge is 2.14. The highest BCUT2D eigenvalue weighted by Crippen LogP contribution is 2.26. The number of anilines is 1. The Morgan fingerprint density at radius 3 is 2.29 bits per heavy atom. The SMILES string of the molecule is COc1ccc(C(=O)Nc2cc(F)c(F)c(F)c2)cc1Br. The first kappa shape index (κ1) is 15.4. The fourth-order valence-electron chi connectivity index (χ4n) is 1.64. The number of nitrogens with one attached hydrogen (secondary N) is 1. The first-order valence-corrected chi connectivity index (χ1v) is 6.51. The van der Waals surface area contributed by atoms with Crippen LogP contribution < -0.4 is 10.1 Å². The second-order valence-corrected chi connectivity index (χ2v) is 4.91. The molecule has 0 saturated carbocycles. The lowest BCUT2D eigenvalue weighted by molar-refractivity contribution is 0.102. The van der Waals surface area contributed by atoms with Gasteiger partial charge < -0.3 is 10.1 Å². The van der Waals surface area contributed by atoms with Gasteiger partial charge >= 0.3 is 0 Å². The van der Waals surface area contributed by atoms with Crippen molar-refractivity contribution in [2.75, 3.05) is 12.4 Å². The molecule has 0 radical (unpaired) electrons. The van der Waals surface area contributed by atoms with E-state index in [1.807, 2.05) is 0 Å². The molecule has 0 fully saturated rings. The van der Waals surface area contributed by atoms with Crippen molar-refractivity contribution < 1.29 is 22.7 Å². The summed E-state index contributed by atoms with van der Waals surface area (Å²) in [7, 11) is 1.48. The summed E-state index contributed by atoms with van der Waals surface area (Å²) < 4.78 is 44.5. The summed E-state index contributed by atoms with van der Waals surface area (Å²) >= 11 is 3.22. The summed E-state index contributed by atoms with van der Waals surface area (Å²) in [5.41, 5.74) is 0.0659. The zero-order valence-electron chi connectivity index (χ0n) is 10.7. The van der Waals surface area contributed by atoms with Gasteiger partial charge in [0.05, 0.1) is 11.6 Å². The molecule has 3 nitrogen and oxygen atoms in total. The monoisotopic (exact) mass is 359 g/mol. The fourth-order valence-corrected chi connectivity index (χ4v) is 2.18. The lowest BCUT2D eigenvalue weighted by atomic mass is 10.2. The molecule has 0 aliphatic heterocycles. The standard InChI is InChI=1S/C14H9BrF3NO2/c1-21-12-3-2-7(4-9(12)15)14(20)19-8-5-10(16)13(18)11(17)6-8/h2-6H,1H3,(H,19,20). The lowest BCUT2D eigenvalue weighted by Gasteiger charge is -2.08. The minimum Gasteiger partial charge on any atom is -0.496 e. The number of rotatable bonds is 3. The predicted molar refractivity (Wildman–Crippen MR) is 75.0 cm³/mol. The molecule has 0 aliphatic rings. The number of methoxy groups -OCH3 is 1. The van der Waals surface area contributed by atoms with Crippen LogP contribution in [-0.2, 0) is 0 Å². The Balaban J connectivity index is 2.24. The molecule has 0 aromatic heterocycles. The van der Waals surface area contributed by atoms with Crippen molar-refractivity contribution in [1.82, 2.24) is 0 Å². The summed E-state index contributed by atoms with van der Waals surface area (Å²) in [6, 6.07) is 5.94. The van der Waals surface area contributed by atoms with Gasteiger partial charge in [0.25, 0.3) is 5.91 Å². The van der Waals surface area contributed by atoms with Gasteiger partial charge in [-0.1, -0.05) is 0 Å². The van der Waals surface area contributed by atoms with Gasteiger partial charge in [-0.05, 0) is 34.1 Å². The second kappa shape index (κ2) is 6.17. The zero-order valence-corrected chi connectivity index (χ0v) is 12.3. The minimum atomic E-state index is -1.58. The van der Waals surface area contributed by atoms with Gasteiger partial charge in [0.15, 0.2) is 17.5 Å². The van der Waals surface area contributed by atoms with E-state index in [1.54, 1.807) is 6.07 Å². The van der Waals surface area contributed by atoms with E-state index in [0.29, 0.717) is 22.4 Å². The summed E-state index contributed by atoms with van der Waals surface area (Å²) in [6.07, 6.45) is 0. The predicted octanol–water partition coefficient (Wildman–Crippen LogP) is 4.13. The third kappa shape index (κ3) is 3.36. The van der Waals surface area contributed by atoms with Gasteiger partial charge in [-0.3, -0.25) is 4.79 Å². The lowest BCUT2D eigenvalue weighted by Crippen LogP contribution is -2.12. The van der Waals surface area contributed by atoms with Crippen molar-refractivity contribution in [2.45, 2.75) is 0 Å². The Labute approximate surface area is 126 Å². The molecule has 0 atom stereocenters. The topological polar surface area (TPSA) is 38.3 Å². The van der Waals surface area contributed by atoms with Crippen molar-refractivity contribution in [3.63, 3.8) is 0 Å². The molecular weight excluding hydrogens is 351 g/mol. The van der Waals surface area contributed by atoms with E-state index in [0.717, 1.165) is 0 Å². The van der Waals surface area contributed by atoms with Crippen LogP contribution >= 0.6 is 15.9 Å². The Morgan fingerprint density at radius 2 is 1.76 bits per heavy atom. The van der Waals surface area contributed by atoms with Gasteiger partial charge in [-0.2, -0.15) is 0 Å². The molecule has 1 N–H and O–H groups in total. The first-order valence-electron chi connectivity index (χ1n) is 5.72. The number of hydrogen-bond acceptors (Lipinski definition) is 2. The van der Waals surface area contributed by atoms with Crippen molar-refractivity contribution in [1.29, 1.82) is 0 Å². The van der Waals surface area contributed by atoms with E-state index >= 15 is 0 Å². The number of carbonyl (C=O) groups is 1. The highest BCUT2D eigenvalue weighted by atomic mass is 79.9. The molecule has 0 bridgehead atoms. The molecule has 0 saturated heterocycles. The van der Waals surface area contributed by atoms with Crippen LogP contribution in [0.3, 0.4) is 0 Å². The Hall–Kier alpha value is -2.02. The van der Waals surface area contributed by atoms with Crippen LogP contribution in [-0.4, -0.2) is 13.0 Å². The van der Waals surface area contributed by atoms with E-state index in [2.05, 4.69) is 21.2 Å². The van der Waals surface area contributed by atoms with Gasteiger partial charge in [0, 0.05) is 23.4 Å². The third-order valence-electron chi connectivity index (χ3n) is 2.66. The molecule has 0 unspecified atom stereocenters. The second-order valence-electron chi connectivity index (χ2n) is 4.06. The van der Waals surface area contributed by atoms with Crippen LogP contribution in [0.1, 0.15) is 10.4 Å². The number of ether oxygens (including phenoxy) is 1. The maximum atomic E-state index is 13.1. The van der Waals surface area contributed by atoms with Crippen molar-refractivity contribution in [3.8, 4) is 5.75 Å². The molecule has 7 heteroatoms. The van der Waals surface area contributed by atoms with Crippen molar-refractivity contribution in [3.05, 3.63) is 57.8 Å². The van der Waals surface area contributed by atoms with Crippen LogP contribution in [0.15, 0.2) is 34.8 Å². The Bertz CT molecular complexity index is 684. The van der Waals surface area contributed by atoms with Gasteiger partial charge in [0.2, 0.25) is 0 Å². The summed E-state index contributed by atoms with van der Waals surface area (Å²) in [4.78, 5) is 12.0. The molecule has 0 aliphatic carbocycles. The normalized spacial score (nSPS) is 10.3. The molecule has 21 heavy (non-hydrogen) atoms. The maximum Gasteiger partial charge on any atom is 0.255 e. The molecule has 1 amide bonds. The largest absolute Gasteiger partial charge is 0.496 e. The van der Waals surface area contributed by atoms with Crippen LogP contribution in [0, 0.1) is 17.5 Å². The van der Waals surface area contributed by atoms with Gasteiger partial charge in [0.1, 0.15) is 5.75 Å². The molecular formula is C14H9BrF3NO2. The van der Waals surface area contributed by atoms with E-state index in [4.69, 9.17) is 4.74 Å². The maximum absolute atomic E-state index is 13.1. The summed E-state index contributed by atoms with van der Waals surface area (Å²) in [6.45, 7) is 0. The van der Waals surface area contributed by atoms with Crippen molar-refractivity contribution >= 4 is 27.5 Å². The average molecular weight is 360 g/mol. The quantitative estimate of drug-likeness (QED) is 0.836. The van der Waals surface area contributed by atoms with Crippen LogP contribution in [0.2, 0.25) is 0 Å². The number of amides is 1. The molecule has 2 aromatic rings. The minimum absolute atomic E-state index is 0.177. The molecule has 2 aromatic carbocycles. The van der Waals surface area contributed by atoms with Crippen molar-refractivity contribution in [2.24, 2.45) is 0 Å². The zero-order chi connectivity index (χ0) is 15.6. The molecule has 2 rings (SSSR count). The van der Waals surface area contributed by atoms with E-state index < -0.39 is 23.4 Å². The fraction of sp³-hybridized carbons (Fsp3) is 0.0714. The third-order valence-corrected chi connectivity index (χ3v) is 3.28. The highest BCUT2D eigenvalue weighted by molar-refractivity contribution is 9.10. The number of hydrogen-bond donors (Lipinski definition) is 1. The van der Waals surface area contributed by atoms with Crippen LogP contribution in [0.4, 0.5) is 18.9 Å². The summed E-state index contributed by atoms with van der Waals surface area (Å²) in [5, 5.41) is 2.28. The summed E-state index contributed by atoms with van der Waals surface area (Å²) in [5.74, 6) is -4.39. The van der Waals surface area contributed by atoms with E-state index in [9.17, 15) is 18.0 Å². The average Bonchev–Trinajstić information content (AvgIpc) is 2.44. The van der Waals surface area contributed by atoms with E-state index in [-0.39, 0.29) is 11.3 Å². The first-order chi connectivity index (χ1) is 9.92. The number of carbonyl (C=O) groups excluding carboxylic acids is 1. The van der Waals surface area contributed by atoms with Crippen LogP contribution in [0.25, 0.3) is 0 Å². The van der Waals surface area contributed by atoms with Gasteiger partial charge in [-0.25, -0.2) is 13.2 Å². The number of benzene rings is 2. The Morgan fingerprint density at radius 1 is 1.14 bits per heavy atom. The molecule has 110 valence electrons.